The van der Waals surface area contributed by atoms with Gasteiger partial charge in [-0.1, -0.05) is 59.8 Å². The van der Waals surface area contributed by atoms with E-state index in [1.54, 1.807) is 23.1 Å². The van der Waals surface area contributed by atoms with E-state index in [0.717, 1.165) is 27.6 Å². The predicted octanol–water partition coefficient (Wildman–Crippen LogP) is 4.06. The van der Waals surface area contributed by atoms with Gasteiger partial charge in [-0.15, -0.1) is 0 Å². The first-order chi connectivity index (χ1) is 15.3. The van der Waals surface area contributed by atoms with Gasteiger partial charge in [-0.25, -0.2) is 9.67 Å². The van der Waals surface area contributed by atoms with E-state index in [1.807, 2.05) is 54.6 Å². The van der Waals surface area contributed by atoms with Crippen LogP contribution in [0.15, 0.2) is 90.0 Å². The molecule has 0 atom stereocenters. The first-order valence-electron chi connectivity index (χ1n) is 9.89. The second-order valence-corrected chi connectivity index (χ2v) is 7.21. The fourth-order valence-corrected chi connectivity index (χ4v) is 3.50. The summed E-state index contributed by atoms with van der Waals surface area (Å²) in [6.07, 6.45) is 3.19. The zero-order valence-electron chi connectivity index (χ0n) is 16.6. The van der Waals surface area contributed by atoms with Crippen LogP contribution in [-0.2, 0) is 13.1 Å². The van der Waals surface area contributed by atoms with Gasteiger partial charge >= 0.3 is 0 Å². The maximum atomic E-state index is 12.8. The Morgan fingerprint density at radius 2 is 1.84 bits per heavy atom. The Labute approximate surface area is 178 Å². The van der Waals surface area contributed by atoms with Crippen LogP contribution in [0.25, 0.3) is 22.2 Å². The molecule has 0 aliphatic rings. The predicted molar refractivity (Wildman–Crippen MR) is 116 cm³/mol. The zero-order valence-corrected chi connectivity index (χ0v) is 16.6. The van der Waals surface area contributed by atoms with Crippen molar-refractivity contribution in [1.82, 2.24) is 25.2 Å². The molecule has 0 fully saturated rings. The highest BCUT2D eigenvalue weighted by atomic mass is 16.5. The van der Waals surface area contributed by atoms with Gasteiger partial charge in [0.05, 0.1) is 11.9 Å². The van der Waals surface area contributed by atoms with E-state index >= 15 is 0 Å². The molecule has 0 saturated heterocycles. The van der Waals surface area contributed by atoms with Crippen LogP contribution in [0, 0.1) is 0 Å². The second kappa shape index (κ2) is 8.23. The largest absolute Gasteiger partial charge is 0.355 e. The average Bonchev–Trinajstić information content (AvgIpc) is 3.48. The molecule has 7 nitrogen and oxygen atoms in total. The van der Waals surface area contributed by atoms with Gasteiger partial charge < -0.3 is 9.84 Å². The van der Waals surface area contributed by atoms with Crippen LogP contribution in [0.2, 0.25) is 0 Å². The number of carbonyl (C=O) groups is 1. The van der Waals surface area contributed by atoms with Crippen LogP contribution >= 0.6 is 0 Å². The first-order valence-corrected chi connectivity index (χ1v) is 9.89. The fourth-order valence-electron chi connectivity index (χ4n) is 3.50. The maximum absolute atomic E-state index is 12.8. The molecule has 152 valence electrons. The van der Waals surface area contributed by atoms with Gasteiger partial charge in [0.15, 0.2) is 5.76 Å². The normalized spacial score (nSPS) is 11.0. The summed E-state index contributed by atoms with van der Waals surface area (Å²) in [5.74, 6) is 0.509. The van der Waals surface area contributed by atoms with Crippen molar-refractivity contribution in [3.05, 3.63) is 102 Å². The van der Waals surface area contributed by atoms with E-state index in [9.17, 15) is 4.79 Å². The SMILES string of the molecule is O=C(NCc1cccc(Cn2cncn2)c1)c1ccc2noc(-c3ccccc3)c2c1. The van der Waals surface area contributed by atoms with E-state index in [4.69, 9.17) is 4.52 Å². The summed E-state index contributed by atoms with van der Waals surface area (Å²) in [4.78, 5) is 16.7. The number of nitrogens with zero attached hydrogens (tertiary/aromatic N) is 4. The Balaban J connectivity index is 1.32. The maximum Gasteiger partial charge on any atom is 0.251 e. The van der Waals surface area contributed by atoms with Crippen LogP contribution in [0.1, 0.15) is 21.5 Å². The molecular weight excluding hydrogens is 390 g/mol. The molecule has 1 amide bonds. The summed E-state index contributed by atoms with van der Waals surface area (Å²) in [7, 11) is 0. The van der Waals surface area contributed by atoms with Gasteiger partial charge in [-0.2, -0.15) is 5.10 Å². The number of nitrogens with one attached hydrogen (secondary N) is 1. The number of hydrogen-bond acceptors (Lipinski definition) is 5. The average molecular weight is 409 g/mol. The quantitative estimate of drug-likeness (QED) is 0.457. The second-order valence-electron chi connectivity index (χ2n) is 7.21. The lowest BCUT2D eigenvalue weighted by atomic mass is 10.1. The summed E-state index contributed by atoms with van der Waals surface area (Å²) in [5.41, 5.74) is 4.31. The van der Waals surface area contributed by atoms with Crippen molar-refractivity contribution >= 4 is 16.8 Å². The van der Waals surface area contributed by atoms with E-state index in [-0.39, 0.29) is 5.91 Å². The molecule has 0 saturated carbocycles. The number of fused-ring (bicyclic) bond motifs is 1. The molecular formula is C24H19N5O2. The lowest BCUT2D eigenvalue weighted by Crippen LogP contribution is -2.22. The Hall–Kier alpha value is -4.26. The molecule has 0 aliphatic carbocycles. The van der Waals surface area contributed by atoms with Gasteiger partial charge in [0, 0.05) is 17.7 Å². The minimum Gasteiger partial charge on any atom is -0.355 e. The number of benzene rings is 3. The molecule has 0 radical (unpaired) electrons. The molecule has 2 heterocycles. The molecule has 31 heavy (non-hydrogen) atoms. The molecule has 2 aromatic heterocycles. The third kappa shape index (κ3) is 4.06. The summed E-state index contributed by atoms with van der Waals surface area (Å²) in [6.45, 7) is 1.06. The molecule has 5 rings (SSSR count). The van der Waals surface area contributed by atoms with Gasteiger partial charge in [0.2, 0.25) is 0 Å². The standard InChI is InChI=1S/C24H19N5O2/c30-24(26-13-17-5-4-6-18(11-17)14-29-16-25-15-27-29)20-9-10-22-21(12-20)23(31-28-22)19-7-2-1-3-8-19/h1-12,15-16H,13-14H2,(H,26,30). The summed E-state index contributed by atoms with van der Waals surface area (Å²) >= 11 is 0. The Morgan fingerprint density at radius 3 is 2.68 bits per heavy atom. The minimum absolute atomic E-state index is 0.149. The molecule has 0 bridgehead atoms. The van der Waals surface area contributed by atoms with Gasteiger partial charge in [0.25, 0.3) is 5.91 Å². The van der Waals surface area contributed by atoms with Crippen LogP contribution in [0.5, 0.6) is 0 Å². The van der Waals surface area contributed by atoms with Crippen LogP contribution < -0.4 is 5.32 Å². The molecule has 5 aromatic rings. The lowest BCUT2D eigenvalue weighted by Gasteiger charge is -2.08. The van der Waals surface area contributed by atoms with Crippen molar-refractivity contribution in [1.29, 1.82) is 0 Å². The highest BCUT2D eigenvalue weighted by Crippen LogP contribution is 2.29. The summed E-state index contributed by atoms with van der Waals surface area (Å²) in [5, 5.41) is 12.0. The van der Waals surface area contributed by atoms with Crippen molar-refractivity contribution in [3.8, 4) is 11.3 Å². The highest BCUT2D eigenvalue weighted by Gasteiger charge is 2.14. The van der Waals surface area contributed by atoms with E-state index in [1.165, 1.54) is 6.33 Å². The van der Waals surface area contributed by atoms with Crippen molar-refractivity contribution in [2.45, 2.75) is 13.1 Å². The Kier molecular flexibility index (Phi) is 4.98. The van der Waals surface area contributed by atoms with E-state index in [0.29, 0.717) is 24.4 Å². The Morgan fingerprint density at radius 1 is 0.968 bits per heavy atom. The molecule has 1 N–H and O–H groups in total. The number of hydrogen-bond donors (Lipinski definition) is 1. The molecule has 0 spiro atoms. The third-order valence-corrected chi connectivity index (χ3v) is 5.03. The van der Waals surface area contributed by atoms with E-state index < -0.39 is 0 Å². The highest BCUT2D eigenvalue weighted by molar-refractivity contribution is 6.00. The van der Waals surface area contributed by atoms with E-state index in [2.05, 4.69) is 26.6 Å². The van der Waals surface area contributed by atoms with Crippen LogP contribution in [0.4, 0.5) is 0 Å². The number of aromatic nitrogens is 4. The van der Waals surface area contributed by atoms with Gasteiger partial charge in [-0.3, -0.25) is 4.79 Å². The fraction of sp³-hybridized carbons (Fsp3) is 0.0833. The number of rotatable bonds is 6. The smallest absolute Gasteiger partial charge is 0.251 e. The van der Waals surface area contributed by atoms with Crippen molar-refractivity contribution < 1.29 is 9.32 Å². The topological polar surface area (TPSA) is 85.8 Å². The summed E-state index contributed by atoms with van der Waals surface area (Å²) < 4.78 is 7.29. The number of carbonyl (C=O) groups excluding carboxylic acids is 1. The molecule has 0 aliphatic heterocycles. The molecule has 3 aromatic carbocycles. The minimum atomic E-state index is -0.149. The van der Waals surface area contributed by atoms with Gasteiger partial charge in [0.1, 0.15) is 18.2 Å². The monoisotopic (exact) mass is 409 g/mol. The Bertz CT molecular complexity index is 1330. The van der Waals surface area contributed by atoms with Crippen molar-refractivity contribution in [2.75, 3.05) is 0 Å². The van der Waals surface area contributed by atoms with Crippen LogP contribution in [-0.4, -0.2) is 25.8 Å². The summed E-state index contributed by atoms with van der Waals surface area (Å²) in [6, 6.07) is 23.2. The molecule has 7 heteroatoms. The van der Waals surface area contributed by atoms with Gasteiger partial charge in [-0.05, 0) is 29.3 Å². The first kappa shape index (κ1) is 18.7. The zero-order chi connectivity index (χ0) is 21.0. The molecule has 0 unspecified atom stereocenters. The van der Waals surface area contributed by atoms with Crippen LogP contribution in [0.3, 0.4) is 0 Å². The number of amides is 1. The van der Waals surface area contributed by atoms with Crippen molar-refractivity contribution in [2.24, 2.45) is 0 Å². The van der Waals surface area contributed by atoms with Crippen molar-refractivity contribution in [3.63, 3.8) is 0 Å². The lowest BCUT2D eigenvalue weighted by molar-refractivity contribution is 0.0951. The third-order valence-electron chi connectivity index (χ3n) is 5.03.